The highest BCUT2D eigenvalue weighted by Gasteiger charge is 2.22. The Morgan fingerprint density at radius 2 is 1.94 bits per heavy atom. The fraction of sp³-hybridized carbons (Fsp3) is 0.400. The van der Waals surface area contributed by atoms with Crippen molar-refractivity contribution in [3.05, 3.63) is 54.3 Å². The van der Waals surface area contributed by atoms with E-state index in [4.69, 9.17) is 14.9 Å². The van der Waals surface area contributed by atoms with E-state index in [1.54, 1.807) is 6.08 Å². The minimum Gasteiger partial charge on any atom is -0.478 e. The Morgan fingerprint density at radius 3 is 2.56 bits per heavy atom. The van der Waals surface area contributed by atoms with Crippen LogP contribution in [-0.2, 0) is 27.2 Å². The van der Waals surface area contributed by atoms with Gasteiger partial charge in [0, 0.05) is 40.5 Å². The van der Waals surface area contributed by atoms with E-state index in [0.29, 0.717) is 37.1 Å². The molecule has 2 aromatic rings. The van der Waals surface area contributed by atoms with E-state index >= 15 is 0 Å². The van der Waals surface area contributed by atoms with Crippen LogP contribution < -0.4 is 10.6 Å². The summed E-state index contributed by atoms with van der Waals surface area (Å²) in [5.74, 6) is -1.86. The molecule has 9 nitrogen and oxygen atoms in total. The molecule has 1 heterocycles. The van der Waals surface area contributed by atoms with Crippen LogP contribution >= 0.6 is 0 Å². The van der Waals surface area contributed by atoms with Gasteiger partial charge >= 0.3 is 18.0 Å². The number of fused-ring (bicyclic) bond motifs is 3. The van der Waals surface area contributed by atoms with Gasteiger partial charge in [-0.2, -0.15) is 0 Å². The molecule has 1 aliphatic rings. The van der Waals surface area contributed by atoms with Crippen LogP contribution in [0.2, 0.25) is 0 Å². The number of carbonyl (C=O) groups excluding carboxylic acids is 1. The van der Waals surface area contributed by atoms with Gasteiger partial charge in [-0.3, -0.25) is 5.32 Å². The molecule has 9 heteroatoms. The van der Waals surface area contributed by atoms with Crippen LogP contribution in [0.1, 0.15) is 37.9 Å². The van der Waals surface area contributed by atoms with E-state index in [2.05, 4.69) is 42.1 Å². The Labute approximate surface area is 198 Å². The Kier molecular flexibility index (Phi) is 10.3. The average molecular weight is 472 g/mol. The van der Waals surface area contributed by atoms with Gasteiger partial charge in [0.1, 0.15) is 0 Å². The molecule has 1 aliphatic carbocycles. The predicted molar refractivity (Wildman–Crippen MR) is 131 cm³/mol. The number of nitrogens with one attached hydrogen (secondary N) is 3. The molecule has 1 amide bonds. The standard InChI is InChI=1S/C21H29N3O2.C4H4O4/c1-4-5-10-26-21(25)23-16-7-9-20-18(12-16)17-11-15(13-22-14(2)3)6-8-19(17)24-20;5-3(6)1-2-4(7)8/h4,7,9,12,14-15,22,24H,1,5-6,8,10-11,13H2,2-3H3,(H,23,25);1-2H,(H,5,6)(H,7,8). The second-order valence-corrected chi connectivity index (χ2v) is 8.36. The van der Waals surface area contributed by atoms with Gasteiger partial charge in [-0.1, -0.05) is 19.9 Å². The van der Waals surface area contributed by atoms with Crippen LogP contribution in [0.25, 0.3) is 10.9 Å². The molecule has 0 fully saturated rings. The molecule has 184 valence electrons. The van der Waals surface area contributed by atoms with Crippen molar-refractivity contribution in [2.75, 3.05) is 18.5 Å². The first kappa shape index (κ1) is 26.7. The topological polar surface area (TPSA) is 141 Å². The molecular formula is C25H33N3O6. The molecule has 3 rings (SSSR count). The predicted octanol–water partition coefficient (Wildman–Crippen LogP) is 4.11. The molecule has 5 N–H and O–H groups in total. The number of aliphatic carboxylic acids is 2. The van der Waals surface area contributed by atoms with E-state index in [9.17, 15) is 14.4 Å². The lowest BCUT2D eigenvalue weighted by molar-refractivity contribution is -0.134. The van der Waals surface area contributed by atoms with Crippen LogP contribution in [0.3, 0.4) is 0 Å². The molecule has 0 bridgehead atoms. The number of hydrogen-bond acceptors (Lipinski definition) is 5. The number of carboxylic acid groups (broad SMARTS) is 2. The number of aromatic amines is 1. The lowest BCUT2D eigenvalue weighted by Crippen LogP contribution is -2.31. The number of anilines is 1. The molecule has 0 saturated carbocycles. The number of hydrogen-bond donors (Lipinski definition) is 5. The summed E-state index contributed by atoms with van der Waals surface area (Å²) in [7, 11) is 0. The summed E-state index contributed by atoms with van der Waals surface area (Å²) in [5.41, 5.74) is 4.64. The average Bonchev–Trinajstić information content (AvgIpc) is 3.14. The van der Waals surface area contributed by atoms with Gasteiger partial charge in [-0.15, -0.1) is 6.58 Å². The van der Waals surface area contributed by atoms with Gasteiger partial charge < -0.3 is 25.3 Å². The molecule has 1 aromatic carbocycles. The van der Waals surface area contributed by atoms with Crippen molar-refractivity contribution < 1.29 is 29.3 Å². The normalized spacial score (nSPS) is 14.9. The number of H-pyrrole nitrogens is 1. The maximum atomic E-state index is 11.9. The summed E-state index contributed by atoms with van der Waals surface area (Å²) in [4.78, 5) is 34.5. The summed E-state index contributed by atoms with van der Waals surface area (Å²) >= 11 is 0. The summed E-state index contributed by atoms with van der Waals surface area (Å²) in [5, 5.41) is 23.2. The van der Waals surface area contributed by atoms with Crippen molar-refractivity contribution in [3.63, 3.8) is 0 Å². The summed E-state index contributed by atoms with van der Waals surface area (Å²) in [6, 6.07) is 6.52. The molecule has 0 radical (unpaired) electrons. The fourth-order valence-corrected chi connectivity index (χ4v) is 3.68. The molecule has 0 spiro atoms. The number of aromatic nitrogens is 1. The first-order chi connectivity index (χ1) is 16.2. The van der Waals surface area contributed by atoms with Gasteiger partial charge in [0.15, 0.2) is 0 Å². The zero-order valence-corrected chi connectivity index (χ0v) is 19.6. The number of ether oxygens (including phenoxy) is 1. The third kappa shape index (κ3) is 8.74. The largest absolute Gasteiger partial charge is 0.478 e. The Morgan fingerprint density at radius 1 is 1.24 bits per heavy atom. The van der Waals surface area contributed by atoms with Gasteiger partial charge in [-0.05, 0) is 61.9 Å². The van der Waals surface area contributed by atoms with Crippen molar-refractivity contribution in [3.8, 4) is 0 Å². The summed E-state index contributed by atoms with van der Waals surface area (Å²) in [6.45, 7) is 9.39. The fourth-order valence-electron chi connectivity index (χ4n) is 3.68. The van der Waals surface area contributed by atoms with Gasteiger partial charge in [0.25, 0.3) is 0 Å². The number of carboxylic acids is 2. The summed E-state index contributed by atoms with van der Waals surface area (Å²) < 4.78 is 5.13. The van der Waals surface area contributed by atoms with Gasteiger partial charge in [0.05, 0.1) is 6.61 Å². The Balaban J connectivity index is 0.000000440. The Hall–Kier alpha value is -3.59. The number of amides is 1. The zero-order chi connectivity index (χ0) is 25.1. The van der Waals surface area contributed by atoms with Crippen LogP contribution in [0.15, 0.2) is 43.0 Å². The minimum atomic E-state index is -1.26. The third-order valence-electron chi connectivity index (χ3n) is 5.27. The van der Waals surface area contributed by atoms with Crippen LogP contribution in [0.4, 0.5) is 10.5 Å². The quantitative estimate of drug-likeness (QED) is 0.211. The first-order valence-electron chi connectivity index (χ1n) is 11.2. The lowest BCUT2D eigenvalue weighted by atomic mass is 9.86. The van der Waals surface area contributed by atoms with E-state index in [1.165, 1.54) is 23.1 Å². The molecule has 1 aromatic heterocycles. The monoisotopic (exact) mass is 471 g/mol. The second-order valence-electron chi connectivity index (χ2n) is 8.36. The molecule has 0 aliphatic heterocycles. The highest BCUT2D eigenvalue weighted by atomic mass is 16.5. The number of carbonyl (C=O) groups is 3. The highest BCUT2D eigenvalue weighted by molar-refractivity contribution is 5.92. The number of aryl methyl sites for hydroxylation is 1. The van der Waals surface area contributed by atoms with E-state index < -0.39 is 18.0 Å². The van der Waals surface area contributed by atoms with Crippen molar-refractivity contribution in [1.82, 2.24) is 10.3 Å². The van der Waals surface area contributed by atoms with Crippen molar-refractivity contribution in [2.45, 2.75) is 45.6 Å². The molecule has 1 atom stereocenters. The van der Waals surface area contributed by atoms with Gasteiger partial charge in [-0.25, -0.2) is 14.4 Å². The maximum absolute atomic E-state index is 11.9. The smallest absolute Gasteiger partial charge is 0.411 e. The maximum Gasteiger partial charge on any atom is 0.411 e. The van der Waals surface area contributed by atoms with E-state index in [-0.39, 0.29) is 0 Å². The van der Waals surface area contributed by atoms with Crippen LogP contribution in [0, 0.1) is 5.92 Å². The van der Waals surface area contributed by atoms with Gasteiger partial charge in [0.2, 0.25) is 0 Å². The van der Waals surface area contributed by atoms with Crippen molar-refractivity contribution in [1.29, 1.82) is 0 Å². The van der Waals surface area contributed by atoms with Crippen molar-refractivity contribution in [2.24, 2.45) is 5.92 Å². The van der Waals surface area contributed by atoms with E-state index in [0.717, 1.165) is 30.6 Å². The summed E-state index contributed by atoms with van der Waals surface area (Å²) in [6.07, 6.45) is 6.45. The first-order valence-corrected chi connectivity index (χ1v) is 11.2. The number of rotatable bonds is 9. The lowest BCUT2D eigenvalue weighted by Gasteiger charge is -2.24. The molecule has 1 unspecified atom stereocenters. The minimum absolute atomic E-state index is 0.349. The molecule has 34 heavy (non-hydrogen) atoms. The highest BCUT2D eigenvalue weighted by Crippen LogP contribution is 2.33. The molecular weight excluding hydrogens is 438 g/mol. The van der Waals surface area contributed by atoms with Crippen LogP contribution in [0.5, 0.6) is 0 Å². The second kappa shape index (κ2) is 13.2. The number of benzene rings is 1. The van der Waals surface area contributed by atoms with Crippen molar-refractivity contribution >= 4 is 34.6 Å². The van der Waals surface area contributed by atoms with Crippen LogP contribution in [-0.4, -0.2) is 52.4 Å². The van der Waals surface area contributed by atoms with E-state index in [1.807, 2.05) is 12.1 Å². The Bertz CT molecular complexity index is 1020. The zero-order valence-electron chi connectivity index (χ0n) is 19.6. The molecule has 0 saturated heterocycles. The third-order valence-corrected chi connectivity index (χ3v) is 5.27. The SMILES string of the molecule is C=CCCOC(=O)Nc1ccc2[nH]c3c(c2c1)CC(CNC(C)C)CC3.O=C(O)C=CC(=O)O.